The van der Waals surface area contributed by atoms with Gasteiger partial charge in [-0.3, -0.25) is 9.59 Å². The molecule has 1 N–H and O–H groups in total. The summed E-state index contributed by atoms with van der Waals surface area (Å²) in [6.45, 7) is 5.51. The Labute approximate surface area is 154 Å². The quantitative estimate of drug-likeness (QED) is 0.893. The maximum Gasteiger partial charge on any atom is 0.227 e. The highest BCUT2D eigenvalue weighted by molar-refractivity contribution is 6.31. The number of nitrogens with zero attached hydrogens (tertiary/aromatic N) is 2. The number of amides is 2. The molecule has 0 saturated carbocycles. The molecule has 0 aromatic heterocycles. The number of hydrogen-bond donors (Lipinski definition) is 1. The van der Waals surface area contributed by atoms with Gasteiger partial charge in [0.15, 0.2) is 0 Å². The Morgan fingerprint density at radius 2 is 1.84 bits per heavy atom. The fraction of sp³-hybridized carbons (Fsp3) is 0.579. The lowest BCUT2D eigenvalue weighted by Gasteiger charge is -2.38. The molecule has 0 unspecified atom stereocenters. The van der Waals surface area contributed by atoms with Gasteiger partial charge in [-0.05, 0) is 37.9 Å². The monoisotopic (exact) mass is 363 g/mol. The van der Waals surface area contributed by atoms with E-state index in [9.17, 15) is 9.59 Å². The van der Waals surface area contributed by atoms with Crippen LogP contribution in [0.3, 0.4) is 0 Å². The van der Waals surface area contributed by atoms with Gasteiger partial charge in [-0.2, -0.15) is 0 Å². The van der Waals surface area contributed by atoms with Crippen molar-refractivity contribution in [2.45, 2.75) is 32.2 Å². The maximum absolute atomic E-state index is 12.7. The molecule has 0 spiro atoms. The minimum absolute atomic E-state index is 0.0793. The summed E-state index contributed by atoms with van der Waals surface area (Å²) in [6, 6.07) is 7.85. The molecule has 3 rings (SSSR count). The van der Waals surface area contributed by atoms with Gasteiger partial charge in [0.1, 0.15) is 0 Å². The third kappa shape index (κ3) is 4.53. The molecule has 2 aliphatic rings. The Kier molecular flexibility index (Phi) is 5.97. The summed E-state index contributed by atoms with van der Waals surface area (Å²) in [4.78, 5) is 29.0. The summed E-state index contributed by atoms with van der Waals surface area (Å²) in [5, 5.41) is 4.01. The van der Waals surface area contributed by atoms with Crippen molar-refractivity contribution >= 4 is 23.4 Å². The Morgan fingerprint density at radius 1 is 1.16 bits per heavy atom. The fourth-order valence-electron chi connectivity index (χ4n) is 3.71. The average Bonchev–Trinajstić information content (AvgIpc) is 2.63. The molecule has 2 saturated heterocycles. The summed E-state index contributed by atoms with van der Waals surface area (Å²) in [5.41, 5.74) is 0.858. The molecule has 2 atom stereocenters. The van der Waals surface area contributed by atoms with Gasteiger partial charge in [-0.15, -0.1) is 0 Å². The first-order chi connectivity index (χ1) is 12.0. The van der Waals surface area contributed by atoms with E-state index in [0.717, 1.165) is 24.9 Å². The average molecular weight is 364 g/mol. The number of piperidine rings is 1. The molecule has 6 heteroatoms. The van der Waals surface area contributed by atoms with E-state index < -0.39 is 0 Å². The fourth-order valence-corrected chi connectivity index (χ4v) is 3.91. The number of benzene rings is 1. The summed E-state index contributed by atoms with van der Waals surface area (Å²) >= 11 is 6.14. The van der Waals surface area contributed by atoms with E-state index in [-0.39, 0.29) is 17.7 Å². The Bertz CT molecular complexity index is 629. The van der Waals surface area contributed by atoms with Gasteiger partial charge < -0.3 is 15.1 Å². The highest BCUT2D eigenvalue weighted by atomic mass is 35.5. The smallest absolute Gasteiger partial charge is 0.227 e. The molecule has 0 bridgehead atoms. The molecule has 2 heterocycles. The molecule has 136 valence electrons. The topological polar surface area (TPSA) is 52.7 Å². The number of nitrogens with one attached hydrogen (secondary N) is 1. The predicted molar refractivity (Wildman–Crippen MR) is 98.5 cm³/mol. The third-order valence-corrected chi connectivity index (χ3v) is 5.59. The largest absolute Gasteiger partial charge is 0.339 e. The number of halogens is 1. The van der Waals surface area contributed by atoms with Crippen LogP contribution < -0.4 is 5.32 Å². The van der Waals surface area contributed by atoms with Crippen LogP contribution in [0.4, 0.5) is 0 Å². The molecule has 1 aromatic carbocycles. The zero-order chi connectivity index (χ0) is 17.8. The number of carbonyl (C=O) groups excluding carboxylic acids is 2. The van der Waals surface area contributed by atoms with Gasteiger partial charge in [-0.1, -0.05) is 29.8 Å². The summed E-state index contributed by atoms with van der Waals surface area (Å²) in [6.07, 6.45) is 2.14. The van der Waals surface area contributed by atoms with Gasteiger partial charge in [0.2, 0.25) is 11.8 Å². The van der Waals surface area contributed by atoms with Gasteiger partial charge in [0.05, 0.1) is 6.42 Å². The van der Waals surface area contributed by atoms with E-state index in [0.29, 0.717) is 43.7 Å². The minimum atomic E-state index is 0.0793. The molecular formula is C19H26ClN3O2. The number of piperazine rings is 1. The van der Waals surface area contributed by atoms with Gasteiger partial charge in [-0.25, -0.2) is 0 Å². The summed E-state index contributed by atoms with van der Waals surface area (Å²) in [7, 11) is 0. The Hall–Kier alpha value is -1.59. The molecule has 1 aromatic rings. The van der Waals surface area contributed by atoms with Crippen LogP contribution >= 0.6 is 11.6 Å². The molecule has 0 radical (unpaired) electrons. The van der Waals surface area contributed by atoms with E-state index in [1.54, 1.807) is 6.07 Å². The normalized spacial score (nSPS) is 24.2. The highest BCUT2D eigenvalue weighted by Gasteiger charge is 2.31. The van der Waals surface area contributed by atoms with Crippen molar-refractivity contribution in [1.82, 2.24) is 15.1 Å². The van der Waals surface area contributed by atoms with Gasteiger partial charge in [0, 0.05) is 43.2 Å². The summed E-state index contributed by atoms with van der Waals surface area (Å²) < 4.78 is 0. The van der Waals surface area contributed by atoms with Crippen molar-refractivity contribution in [3.8, 4) is 0 Å². The first kappa shape index (κ1) is 18.2. The van der Waals surface area contributed by atoms with Crippen LogP contribution in [0.1, 0.15) is 25.3 Å². The SMILES string of the molecule is C[C@H]1C[C@@H](C(=O)N2CCN(C(=O)Cc3ccccc3Cl)CC2)CCN1. The van der Waals surface area contributed by atoms with Crippen molar-refractivity contribution in [2.24, 2.45) is 5.92 Å². The highest BCUT2D eigenvalue weighted by Crippen LogP contribution is 2.20. The standard InChI is InChI=1S/C19H26ClN3O2/c1-14-12-16(6-7-21-14)19(25)23-10-8-22(9-11-23)18(24)13-15-4-2-3-5-17(15)20/h2-5,14,16,21H,6-13H2,1H3/t14-,16-/m0/s1. The van der Waals surface area contributed by atoms with E-state index in [4.69, 9.17) is 11.6 Å². The van der Waals surface area contributed by atoms with Crippen LogP contribution in [-0.2, 0) is 16.0 Å². The molecule has 2 aliphatic heterocycles. The van der Waals surface area contributed by atoms with Crippen LogP contribution in [0, 0.1) is 5.92 Å². The number of rotatable bonds is 3. The van der Waals surface area contributed by atoms with E-state index in [1.807, 2.05) is 28.0 Å². The molecule has 5 nitrogen and oxygen atoms in total. The molecule has 0 aliphatic carbocycles. The van der Waals surface area contributed by atoms with Crippen molar-refractivity contribution < 1.29 is 9.59 Å². The Balaban J connectivity index is 1.50. The van der Waals surface area contributed by atoms with E-state index in [1.165, 1.54) is 0 Å². The van der Waals surface area contributed by atoms with Gasteiger partial charge >= 0.3 is 0 Å². The van der Waals surface area contributed by atoms with E-state index >= 15 is 0 Å². The van der Waals surface area contributed by atoms with Crippen LogP contribution in [0.25, 0.3) is 0 Å². The Morgan fingerprint density at radius 3 is 2.52 bits per heavy atom. The molecular weight excluding hydrogens is 338 g/mol. The van der Waals surface area contributed by atoms with Crippen LogP contribution in [0.5, 0.6) is 0 Å². The number of hydrogen-bond acceptors (Lipinski definition) is 3. The molecule has 2 amide bonds. The summed E-state index contributed by atoms with van der Waals surface area (Å²) in [5.74, 6) is 0.462. The zero-order valence-corrected chi connectivity index (χ0v) is 15.5. The molecule has 2 fully saturated rings. The van der Waals surface area contributed by atoms with Gasteiger partial charge in [0.25, 0.3) is 0 Å². The lowest BCUT2D eigenvalue weighted by Crippen LogP contribution is -2.53. The second kappa shape index (κ2) is 8.19. The van der Waals surface area contributed by atoms with Crippen LogP contribution in [0.2, 0.25) is 5.02 Å². The molecule has 25 heavy (non-hydrogen) atoms. The first-order valence-corrected chi connectivity index (χ1v) is 9.45. The van der Waals surface area contributed by atoms with Crippen molar-refractivity contribution in [2.75, 3.05) is 32.7 Å². The first-order valence-electron chi connectivity index (χ1n) is 9.08. The lowest BCUT2D eigenvalue weighted by molar-refractivity contribution is -0.142. The lowest BCUT2D eigenvalue weighted by atomic mass is 9.92. The predicted octanol–water partition coefficient (Wildman–Crippen LogP) is 1.94. The second-order valence-corrected chi connectivity index (χ2v) is 7.46. The maximum atomic E-state index is 12.7. The number of carbonyl (C=O) groups is 2. The van der Waals surface area contributed by atoms with Crippen LogP contribution in [-0.4, -0.2) is 60.4 Å². The minimum Gasteiger partial charge on any atom is -0.339 e. The third-order valence-electron chi connectivity index (χ3n) is 5.22. The van der Waals surface area contributed by atoms with Crippen molar-refractivity contribution in [1.29, 1.82) is 0 Å². The van der Waals surface area contributed by atoms with Crippen molar-refractivity contribution in [3.63, 3.8) is 0 Å². The second-order valence-electron chi connectivity index (χ2n) is 7.05. The van der Waals surface area contributed by atoms with E-state index in [2.05, 4.69) is 12.2 Å². The van der Waals surface area contributed by atoms with Crippen molar-refractivity contribution in [3.05, 3.63) is 34.9 Å². The van der Waals surface area contributed by atoms with Crippen LogP contribution in [0.15, 0.2) is 24.3 Å². The zero-order valence-electron chi connectivity index (χ0n) is 14.7.